The molecule has 1 unspecified atom stereocenters. The highest BCUT2D eigenvalue weighted by Gasteiger charge is 2.37. The maximum atomic E-state index is 12.2. The molecular weight excluding hydrogens is 360 g/mol. The molecule has 3 N–H and O–H groups in total. The summed E-state index contributed by atoms with van der Waals surface area (Å²) >= 11 is 0. The number of rotatable bonds is 16. The van der Waals surface area contributed by atoms with Crippen LogP contribution in [0.15, 0.2) is 12.2 Å². The second-order valence-electron chi connectivity index (χ2n) is 7.81. The Morgan fingerprint density at radius 3 is 2.64 bits per heavy atom. The first kappa shape index (κ1) is 24.8. The quantitative estimate of drug-likeness (QED) is 0.207. The second kappa shape index (κ2) is 13.9. The Morgan fingerprint density at radius 2 is 1.96 bits per heavy atom. The Balaban J connectivity index is 2.32. The molecule has 0 radical (unpaired) electrons. The van der Waals surface area contributed by atoms with E-state index in [2.05, 4.69) is 19.1 Å². The van der Waals surface area contributed by atoms with Crippen LogP contribution < -0.4 is 0 Å². The van der Waals surface area contributed by atoms with E-state index in [4.69, 9.17) is 14.9 Å². The van der Waals surface area contributed by atoms with Gasteiger partial charge in [0.2, 0.25) is 0 Å². The van der Waals surface area contributed by atoms with Crippen molar-refractivity contribution in [1.82, 2.24) is 0 Å². The summed E-state index contributed by atoms with van der Waals surface area (Å²) < 4.78 is 4.88. The normalized spacial score (nSPS) is 22.0. The van der Waals surface area contributed by atoms with Crippen molar-refractivity contribution in [3.8, 4) is 0 Å². The van der Waals surface area contributed by atoms with Gasteiger partial charge in [-0.15, -0.1) is 0 Å². The van der Waals surface area contributed by atoms with Crippen molar-refractivity contribution in [2.45, 2.75) is 89.8 Å². The van der Waals surface area contributed by atoms with E-state index in [1.807, 2.05) is 0 Å². The Hall–Kier alpha value is -1.24. The van der Waals surface area contributed by atoms with Gasteiger partial charge in [0.25, 0.3) is 5.79 Å². The minimum absolute atomic E-state index is 0.0258. The lowest BCUT2D eigenvalue weighted by Crippen LogP contribution is -2.42. The first-order valence-electron chi connectivity index (χ1n) is 10.8. The molecule has 6 nitrogen and oxygen atoms in total. The Bertz CT molecular complexity index is 489. The van der Waals surface area contributed by atoms with Gasteiger partial charge in [0.1, 0.15) is 5.78 Å². The van der Waals surface area contributed by atoms with Gasteiger partial charge in [-0.1, -0.05) is 51.2 Å². The minimum atomic E-state index is -2.24. The molecule has 0 aromatic carbocycles. The topological polar surface area (TPSA) is 104 Å². The number of aliphatic hydroxyl groups excluding tert-OH is 1. The van der Waals surface area contributed by atoms with Gasteiger partial charge < -0.3 is 20.1 Å². The summed E-state index contributed by atoms with van der Waals surface area (Å²) in [6.07, 6.45) is 15.0. The molecule has 28 heavy (non-hydrogen) atoms. The molecule has 0 aliphatic heterocycles. The van der Waals surface area contributed by atoms with Gasteiger partial charge in [0.15, 0.2) is 0 Å². The molecule has 0 amide bonds. The number of hydrogen-bond donors (Lipinski definition) is 3. The van der Waals surface area contributed by atoms with E-state index in [0.29, 0.717) is 24.5 Å². The van der Waals surface area contributed by atoms with Crippen LogP contribution in [-0.4, -0.2) is 46.1 Å². The number of unbranched alkanes of at least 4 members (excludes halogenated alkanes) is 6. The van der Waals surface area contributed by atoms with Crippen LogP contribution in [0.2, 0.25) is 0 Å². The van der Waals surface area contributed by atoms with Crippen molar-refractivity contribution >= 4 is 11.8 Å². The molecule has 0 aromatic heterocycles. The summed E-state index contributed by atoms with van der Waals surface area (Å²) in [6, 6.07) is 0. The fourth-order valence-electron chi connectivity index (χ4n) is 3.86. The summed E-state index contributed by atoms with van der Waals surface area (Å²) in [5, 5.41) is 27.8. The Labute approximate surface area is 169 Å². The van der Waals surface area contributed by atoms with Crippen LogP contribution in [0.1, 0.15) is 84.0 Å². The summed E-state index contributed by atoms with van der Waals surface area (Å²) in [7, 11) is 0. The summed E-state index contributed by atoms with van der Waals surface area (Å²) in [5.74, 6) is -2.92. The molecule has 0 saturated heterocycles. The number of hydrogen-bond acceptors (Lipinski definition) is 5. The third-order valence-electron chi connectivity index (χ3n) is 5.56. The molecule has 162 valence electrons. The zero-order chi connectivity index (χ0) is 20.8. The fraction of sp³-hybridized carbons (Fsp3) is 0.818. The van der Waals surface area contributed by atoms with Crippen LogP contribution in [0.4, 0.5) is 0 Å². The molecule has 1 fully saturated rings. The Morgan fingerprint density at radius 1 is 1.21 bits per heavy atom. The molecule has 0 spiro atoms. The molecule has 6 heteroatoms. The molecule has 1 aliphatic rings. The van der Waals surface area contributed by atoms with Crippen molar-refractivity contribution < 1.29 is 29.6 Å². The smallest absolute Gasteiger partial charge is 0.364 e. The lowest BCUT2D eigenvalue weighted by atomic mass is 9.89. The van der Waals surface area contributed by atoms with Gasteiger partial charge in [0.05, 0.1) is 13.2 Å². The van der Waals surface area contributed by atoms with E-state index < -0.39 is 11.8 Å². The van der Waals surface area contributed by atoms with Gasteiger partial charge in [-0.3, -0.25) is 4.79 Å². The molecule has 1 saturated carbocycles. The standard InChI is InChI=1S/C22H38O6/c1-2-3-4-5-6-8-11-18-13-14-20(24)19(18)12-9-7-10-15-22(27,21(25)26)28-17-16-23/h8,11,18-19,23,27H,2-7,9-10,12-17H2,1H3,(H,25,26)/t18-,19+,22?/m0/s1. The van der Waals surface area contributed by atoms with Crippen LogP contribution in [0.25, 0.3) is 0 Å². The van der Waals surface area contributed by atoms with Crippen molar-refractivity contribution in [1.29, 1.82) is 0 Å². The molecule has 0 heterocycles. The number of Topliss-reactive ketones (excluding diaryl/α,β-unsaturated/α-hetero) is 1. The van der Waals surface area contributed by atoms with Crippen LogP contribution in [0, 0.1) is 11.8 Å². The van der Waals surface area contributed by atoms with Gasteiger partial charge in [0, 0.05) is 18.8 Å². The van der Waals surface area contributed by atoms with E-state index in [-0.39, 0.29) is 25.6 Å². The lowest BCUT2D eigenvalue weighted by Gasteiger charge is -2.23. The van der Waals surface area contributed by atoms with Gasteiger partial charge in [-0.2, -0.15) is 0 Å². The number of allylic oxidation sites excluding steroid dienone is 2. The first-order chi connectivity index (χ1) is 13.4. The van der Waals surface area contributed by atoms with Crippen molar-refractivity contribution in [2.24, 2.45) is 11.8 Å². The molecular formula is C22H38O6. The number of ketones is 1. The zero-order valence-corrected chi connectivity index (χ0v) is 17.3. The predicted molar refractivity (Wildman–Crippen MR) is 108 cm³/mol. The van der Waals surface area contributed by atoms with Crippen LogP contribution >= 0.6 is 0 Å². The van der Waals surface area contributed by atoms with E-state index in [1.165, 1.54) is 25.7 Å². The van der Waals surface area contributed by atoms with Crippen molar-refractivity contribution in [3.05, 3.63) is 12.2 Å². The minimum Gasteiger partial charge on any atom is -0.477 e. The largest absolute Gasteiger partial charge is 0.477 e. The SMILES string of the molecule is CCCCCCC=C[C@H]1CCC(=O)[C@@H]1CCCCCC(O)(OCCO)C(=O)O. The Kier molecular flexibility index (Phi) is 12.3. The number of aliphatic carboxylic acids is 1. The average molecular weight is 399 g/mol. The second-order valence-corrected chi connectivity index (χ2v) is 7.81. The number of carboxylic acids is 1. The van der Waals surface area contributed by atoms with E-state index in [1.54, 1.807) is 0 Å². The van der Waals surface area contributed by atoms with E-state index in [9.17, 15) is 14.7 Å². The third-order valence-corrected chi connectivity index (χ3v) is 5.56. The molecule has 0 bridgehead atoms. The number of aliphatic hydroxyl groups is 2. The molecule has 3 atom stereocenters. The number of carboxylic acid groups (broad SMARTS) is 1. The van der Waals surface area contributed by atoms with Crippen LogP contribution in [0.5, 0.6) is 0 Å². The summed E-state index contributed by atoms with van der Waals surface area (Å²) in [6.45, 7) is 1.65. The van der Waals surface area contributed by atoms with Gasteiger partial charge in [-0.05, 0) is 38.0 Å². The molecule has 1 aliphatic carbocycles. The average Bonchev–Trinajstić information content (AvgIpc) is 3.02. The molecule has 1 rings (SSSR count). The number of carbonyl (C=O) groups excluding carboxylic acids is 1. The monoisotopic (exact) mass is 398 g/mol. The van der Waals surface area contributed by atoms with E-state index >= 15 is 0 Å². The maximum absolute atomic E-state index is 12.2. The third kappa shape index (κ3) is 8.84. The van der Waals surface area contributed by atoms with Crippen LogP contribution in [0.3, 0.4) is 0 Å². The summed E-state index contributed by atoms with van der Waals surface area (Å²) in [5.41, 5.74) is 0. The van der Waals surface area contributed by atoms with Gasteiger partial charge >= 0.3 is 5.97 Å². The summed E-state index contributed by atoms with van der Waals surface area (Å²) in [4.78, 5) is 23.4. The highest BCUT2D eigenvalue weighted by molar-refractivity contribution is 5.83. The fourth-order valence-corrected chi connectivity index (χ4v) is 3.86. The maximum Gasteiger partial charge on any atom is 0.364 e. The molecule has 0 aromatic rings. The zero-order valence-electron chi connectivity index (χ0n) is 17.3. The van der Waals surface area contributed by atoms with Crippen LogP contribution in [-0.2, 0) is 14.3 Å². The predicted octanol–water partition coefficient (Wildman–Crippen LogP) is 3.84. The highest BCUT2D eigenvalue weighted by Crippen LogP contribution is 2.34. The number of carbonyl (C=O) groups is 2. The van der Waals surface area contributed by atoms with Crippen molar-refractivity contribution in [3.63, 3.8) is 0 Å². The number of ether oxygens (including phenoxy) is 1. The highest BCUT2D eigenvalue weighted by atomic mass is 16.6. The van der Waals surface area contributed by atoms with Gasteiger partial charge in [-0.25, -0.2) is 4.79 Å². The van der Waals surface area contributed by atoms with E-state index in [0.717, 1.165) is 32.1 Å². The first-order valence-corrected chi connectivity index (χ1v) is 10.8. The lowest BCUT2D eigenvalue weighted by molar-refractivity contribution is -0.228. The van der Waals surface area contributed by atoms with Crippen molar-refractivity contribution in [2.75, 3.05) is 13.2 Å².